The molecule has 1 aromatic heterocycles. The number of guanidine groups is 1. The van der Waals surface area contributed by atoms with Crippen LogP contribution >= 0.6 is 0 Å². The van der Waals surface area contributed by atoms with E-state index in [2.05, 4.69) is 42.2 Å². The minimum absolute atomic E-state index is 0.404. The van der Waals surface area contributed by atoms with E-state index < -0.39 is 0 Å². The first kappa shape index (κ1) is 14.1. The van der Waals surface area contributed by atoms with Gasteiger partial charge in [-0.1, -0.05) is 6.07 Å². The smallest absolute Gasteiger partial charge is 0.193 e. The van der Waals surface area contributed by atoms with E-state index in [9.17, 15) is 0 Å². The number of hydrogen-bond acceptors (Lipinski definition) is 2. The van der Waals surface area contributed by atoms with E-state index in [0.29, 0.717) is 12.5 Å². The molecule has 106 valence electrons. The van der Waals surface area contributed by atoms with Crippen LogP contribution in [0.1, 0.15) is 23.7 Å². The van der Waals surface area contributed by atoms with Gasteiger partial charge < -0.3 is 11.1 Å². The van der Waals surface area contributed by atoms with Gasteiger partial charge in [-0.3, -0.25) is 4.68 Å². The van der Waals surface area contributed by atoms with Gasteiger partial charge in [0, 0.05) is 18.4 Å². The van der Waals surface area contributed by atoms with E-state index >= 15 is 0 Å². The molecular weight excluding hydrogens is 250 g/mol. The van der Waals surface area contributed by atoms with E-state index in [1.165, 1.54) is 11.1 Å². The lowest BCUT2D eigenvalue weighted by molar-refractivity contribution is 0.647. The second kappa shape index (κ2) is 6.23. The minimum Gasteiger partial charge on any atom is -0.370 e. The zero-order valence-corrected chi connectivity index (χ0v) is 12.2. The molecule has 0 atom stereocenters. The van der Waals surface area contributed by atoms with Gasteiger partial charge in [0.15, 0.2) is 5.96 Å². The van der Waals surface area contributed by atoms with Crippen molar-refractivity contribution in [2.24, 2.45) is 10.7 Å². The first-order valence-corrected chi connectivity index (χ1v) is 6.74. The lowest BCUT2D eigenvalue weighted by atomic mass is 10.1. The third kappa shape index (κ3) is 3.85. The van der Waals surface area contributed by atoms with Crippen LogP contribution in [0.5, 0.6) is 0 Å². The number of hydrogen-bond donors (Lipinski definition) is 2. The highest BCUT2D eigenvalue weighted by Crippen LogP contribution is 2.13. The van der Waals surface area contributed by atoms with Crippen molar-refractivity contribution in [2.75, 3.05) is 5.32 Å². The van der Waals surface area contributed by atoms with Crippen molar-refractivity contribution in [1.82, 2.24) is 9.78 Å². The summed E-state index contributed by atoms with van der Waals surface area (Å²) in [4.78, 5) is 4.30. The SMILES string of the molecule is CCn1ccc(CN=C(N)Nc2cc(C)cc(C)c2)n1. The molecule has 0 amide bonds. The average Bonchev–Trinajstić information content (AvgIpc) is 2.83. The number of anilines is 1. The van der Waals surface area contributed by atoms with Gasteiger partial charge in [-0.05, 0) is 50.1 Å². The van der Waals surface area contributed by atoms with Crippen LogP contribution in [0.3, 0.4) is 0 Å². The molecular formula is C15H21N5. The number of aromatic nitrogens is 2. The van der Waals surface area contributed by atoms with Crippen molar-refractivity contribution in [3.63, 3.8) is 0 Å². The molecule has 0 fully saturated rings. The molecule has 0 aliphatic carbocycles. The zero-order valence-electron chi connectivity index (χ0n) is 12.2. The number of rotatable bonds is 4. The summed E-state index contributed by atoms with van der Waals surface area (Å²) in [6.45, 7) is 7.51. The highest BCUT2D eigenvalue weighted by atomic mass is 15.3. The molecule has 2 rings (SSSR count). The lowest BCUT2D eigenvalue weighted by Gasteiger charge is -2.07. The molecule has 5 heteroatoms. The van der Waals surface area contributed by atoms with Crippen LogP contribution < -0.4 is 11.1 Å². The fraction of sp³-hybridized carbons (Fsp3) is 0.333. The Morgan fingerprint density at radius 1 is 1.30 bits per heavy atom. The minimum atomic E-state index is 0.404. The fourth-order valence-corrected chi connectivity index (χ4v) is 2.06. The second-order valence-electron chi connectivity index (χ2n) is 4.87. The number of nitrogens with one attached hydrogen (secondary N) is 1. The molecule has 1 aromatic carbocycles. The molecule has 0 saturated carbocycles. The summed E-state index contributed by atoms with van der Waals surface area (Å²) >= 11 is 0. The Balaban J connectivity index is 1.99. The predicted octanol–water partition coefficient (Wildman–Crippen LogP) is 2.45. The van der Waals surface area contributed by atoms with Gasteiger partial charge in [0.05, 0.1) is 12.2 Å². The first-order chi connectivity index (χ1) is 9.56. The Hall–Kier alpha value is -2.30. The van der Waals surface area contributed by atoms with Gasteiger partial charge in [-0.2, -0.15) is 5.10 Å². The molecule has 20 heavy (non-hydrogen) atoms. The summed E-state index contributed by atoms with van der Waals surface area (Å²) in [6.07, 6.45) is 1.94. The van der Waals surface area contributed by atoms with E-state index in [1.54, 1.807) is 0 Å². The molecule has 1 heterocycles. The van der Waals surface area contributed by atoms with Crippen molar-refractivity contribution >= 4 is 11.6 Å². The van der Waals surface area contributed by atoms with Crippen LogP contribution in [0.25, 0.3) is 0 Å². The Morgan fingerprint density at radius 2 is 2.00 bits per heavy atom. The molecule has 5 nitrogen and oxygen atoms in total. The van der Waals surface area contributed by atoms with Crippen molar-refractivity contribution in [2.45, 2.75) is 33.9 Å². The molecule has 0 aliphatic heterocycles. The van der Waals surface area contributed by atoms with Crippen molar-refractivity contribution in [1.29, 1.82) is 0 Å². The maximum Gasteiger partial charge on any atom is 0.193 e. The Labute approximate surface area is 119 Å². The summed E-state index contributed by atoms with van der Waals surface area (Å²) in [5.41, 5.74) is 10.2. The van der Waals surface area contributed by atoms with E-state index in [-0.39, 0.29) is 0 Å². The van der Waals surface area contributed by atoms with Gasteiger partial charge in [0.2, 0.25) is 0 Å². The summed E-state index contributed by atoms with van der Waals surface area (Å²) < 4.78 is 1.87. The van der Waals surface area contributed by atoms with Crippen molar-refractivity contribution in [3.8, 4) is 0 Å². The number of nitrogens with two attached hydrogens (primary N) is 1. The largest absolute Gasteiger partial charge is 0.370 e. The van der Waals surface area contributed by atoms with Gasteiger partial charge in [0.1, 0.15) is 0 Å². The summed E-state index contributed by atoms with van der Waals surface area (Å²) in [6, 6.07) is 8.16. The van der Waals surface area contributed by atoms with E-state index in [0.717, 1.165) is 17.9 Å². The van der Waals surface area contributed by atoms with E-state index in [4.69, 9.17) is 5.73 Å². The third-order valence-corrected chi connectivity index (χ3v) is 2.93. The Bertz CT molecular complexity index is 592. The van der Waals surface area contributed by atoms with Crippen molar-refractivity contribution in [3.05, 3.63) is 47.3 Å². The summed E-state index contributed by atoms with van der Waals surface area (Å²) in [7, 11) is 0. The third-order valence-electron chi connectivity index (χ3n) is 2.93. The van der Waals surface area contributed by atoms with E-state index in [1.807, 2.05) is 29.1 Å². The van der Waals surface area contributed by atoms with Crippen LogP contribution in [0.4, 0.5) is 5.69 Å². The molecule has 0 unspecified atom stereocenters. The molecule has 0 aliphatic rings. The van der Waals surface area contributed by atoms with Gasteiger partial charge in [-0.25, -0.2) is 4.99 Å². The first-order valence-electron chi connectivity index (χ1n) is 6.74. The fourth-order valence-electron chi connectivity index (χ4n) is 2.06. The molecule has 3 N–H and O–H groups in total. The van der Waals surface area contributed by atoms with Gasteiger partial charge in [-0.15, -0.1) is 0 Å². The van der Waals surface area contributed by atoms with Crippen LogP contribution in [0.2, 0.25) is 0 Å². The lowest BCUT2D eigenvalue weighted by Crippen LogP contribution is -2.22. The van der Waals surface area contributed by atoms with Crippen LogP contribution in [0, 0.1) is 13.8 Å². The van der Waals surface area contributed by atoms with Crippen LogP contribution in [0.15, 0.2) is 35.5 Å². The topological polar surface area (TPSA) is 68.2 Å². The molecule has 0 saturated heterocycles. The van der Waals surface area contributed by atoms with Crippen LogP contribution in [-0.2, 0) is 13.1 Å². The quantitative estimate of drug-likeness (QED) is 0.663. The molecule has 0 bridgehead atoms. The Kier molecular flexibility index (Phi) is 4.40. The average molecular weight is 271 g/mol. The normalized spacial score (nSPS) is 11.7. The highest BCUT2D eigenvalue weighted by molar-refractivity contribution is 5.92. The highest BCUT2D eigenvalue weighted by Gasteiger charge is 2.00. The van der Waals surface area contributed by atoms with Crippen LogP contribution in [-0.4, -0.2) is 15.7 Å². The van der Waals surface area contributed by atoms with Gasteiger partial charge >= 0.3 is 0 Å². The molecule has 0 spiro atoms. The number of nitrogens with zero attached hydrogens (tertiary/aromatic N) is 3. The standard InChI is InChI=1S/C15H21N5/c1-4-20-6-5-13(19-20)10-17-15(16)18-14-8-11(2)7-12(3)9-14/h5-9H,4,10H2,1-3H3,(H3,16,17,18). The van der Waals surface area contributed by atoms with Crippen molar-refractivity contribution < 1.29 is 0 Å². The monoisotopic (exact) mass is 271 g/mol. The zero-order chi connectivity index (χ0) is 14.5. The molecule has 2 aromatic rings. The summed E-state index contributed by atoms with van der Waals surface area (Å²) in [5.74, 6) is 0.404. The summed E-state index contributed by atoms with van der Waals surface area (Å²) in [5, 5.41) is 7.47. The number of benzene rings is 1. The second-order valence-corrected chi connectivity index (χ2v) is 4.87. The number of aryl methyl sites for hydroxylation is 3. The Morgan fingerprint density at radius 3 is 2.60 bits per heavy atom. The maximum absolute atomic E-state index is 5.90. The maximum atomic E-state index is 5.90. The van der Waals surface area contributed by atoms with Gasteiger partial charge in [0.25, 0.3) is 0 Å². The predicted molar refractivity (Wildman–Crippen MR) is 82.8 cm³/mol. The molecule has 0 radical (unpaired) electrons. The number of aliphatic imine (C=N–C) groups is 1.